The van der Waals surface area contributed by atoms with Gasteiger partial charge in [0.15, 0.2) is 0 Å². The van der Waals surface area contributed by atoms with Crippen molar-refractivity contribution in [2.45, 2.75) is 46.4 Å². The summed E-state index contributed by atoms with van der Waals surface area (Å²) in [5, 5.41) is 0. The van der Waals surface area contributed by atoms with Crippen molar-refractivity contribution in [3.8, 4) is 0 Å². The summed E-state index contributed by atoms with van der Waals surface area (Å²) in [4.78, 5) is 2.46. The summed E-state index contributed by atoms with van der Waals surface area (Å²) in [6.07, 6.45) is 4.22. The van der Waals surface area contributed by atoms with Crippen LogP contribution in [0.25, 0.3) is 0 Å². The van der Waals surface area contributed by atoms with Crippen molar-refractivity contribution in [1.29, 1.82) is 0 Å². The molecule has 74 valence electrons. The van der Waals surface area contributed by atoms with Crippen molar-refractivity contribution in [1.82, 2.24) is 9.47 Å². The number of hydrogen-bond acceptors (Lipinski definition) is 1. The van der Waals surface area contributed by atoms with E-state index in [2.05, 4.69) is 61.7 Å². The monoisotopic (exact) mass is 180 g/mol. The van der Waals surface area contributed by atoms with Gasteiger partial charge in [-0.1, -0.05) is 0 Å². The Morgan fingerprint density at radius 3 is 1.85 bits per heavy atom. The molecule has 0 atom stereocenters. The van der Waals surface area contributed by atoms with Crippen LogP contribution in [0.15, 0.2) is 24.5 Å². The zero-order chi connectivity index (χ0) is 9.84. The Kier molecular flexibility index (Phi) is 3.55. The molecule has 0 unspecified atom stereocenters. The van der Waals surface area contributed by atoms with Gasteiger partial charge in [-0.15, -0.1) is 0 Å². The van der Waals surface area contributed by atoms with Gasteiger partial charge in [0.1, 0.15) is 0 Å². The molecule has 0 aliphatic rings. The number of nitrogens with zero attached hydrogens (tertiary/aromatic N) is 2. The molecule has 0 spiro atoms. The van der Waals surface area contributed by atoms with Gasteiger partial charge >= 0.3 is 0 Å². The van der Waals surface area contributed by atoms with E-state index in [0.29, 0.717) is 12.1 Å². The number of aromatic nitrogens is 1. The first-order chi connectivity index (χ1) is 6.11. The smallest absolute Gasteiger partial charge is 0.0749 e. The van der Waals surface area contributed by atoms with Crippen LogP contribution in [0.5, 0.6) is 0 Å². The summed E-state index contributed by atoms with van der Waals surface area (Å²) in [7, 11) is 0. The topological polar surface area (TPSA) is 8.17 Å². The highest BCUT2D eigenvalue weighted by Gasteiger charge is 2.12. The highest BCUT2D eigenvalue weighted by atomic mass is 15.3. The second kappa shape index (κ2) is 4.47. The van der Waals surface area contributed by atoms with Crippen LogP contribution in [-0.4, -0.2) is 21.6 Å². The molecule has 0 aliphatic heterocycles. The van der Waals surface area contributed by atoms with E-state index in [1.807, 2.05) is 0 Å². The summed E-state index contributed by atoms with van der Waals surface area (Å²) in [6, 6.07) is 5.34. The van der Waals surface area contributed by atoms with E-state index < -0.39 is 0 Å². The van der Waals surface area contributed by atoms with Gasteiger partial charge in [-0.25, -0.2) is 0 Å². The first kappa shape index (κ1) is 10.3. The van der Waals surface area contributed by atoms with Crippen LogP contribution in [0.3, 0.4) is 0 Å². The highest BCUT2D eigenvalue weighted by Crippen LogP contribution is 2.07. The molecule has 1 rings (SSSR count). The van der Waals surface area contributed by atoms with Gasteiger partial charge in [-0.2, -0.15) is 0 Å². The van der Waals surface area contributed by atoms with Crippen LogP contribution in [0.2, 0.25) is 0 Å². The van der Waals surface area contributed by atoms with Gasteiger partial charge in [-0.05, 0) is 39.8 Å². The molecule has 1 heterocycles. The standard InChI is InChI=1S/C11H20N2/c1-10(2)13(11(3)4)9-12-7-5-6-8-12/h5-8,10-11H,9H2,1-4H3. The Bertz CT molecular complexity index is 216. The van der Waals surface area contributed by atoms with E-state index in [0.717, 1.165) is 6.67 Å². The molecule has 0 saturated heterocycles. The summed E-state index contributed by atoms with van der Waals surface area (Å²) in [5.74, 6) is 0. The van der Waals surface area contributed by atoms with E-state index >= 15 is 0 Å². The molecule has 0 fully saturated rings. The van der Waals surface area contributed by atoms with Gasteiger partial charge in [0.05, 0.1) is 6.67 Å². The molecule has 1 aromatic heterocycles. The molecule has 1 aromatic rings. The second-order valence-electron chi connectivity index (χ2n) is 4.04. The summed E-state index contributed by atoms with van der Waals surface area (Å²) < 4.78 is 2.21. The molecule has 0 amide bonds. The van der Waals surface area contributed by atoms with Crippen molar-refractivity contribution < 1.29 is 0 Å². The van der Waals surface area contributed by atoms with Gasteiger partial charge in [0, 0.05) is 24.5 Å². The molecule has 2 nitrogen and oxygen atoms in total. The molecule has 0 aromatic carbocycles. The Morgan fingerprint density at radius 2 is 1.46 bits per heavy atom. The SMILES string of the molecule is CC(C)N(Cn1cccc1)C(C)C. The fraction of sp³-hybridized carbons (Fsp3) is 0.636. The third-order valence-electron chi connectivity index (χ3n) is 2.32. The zero-order valence-electron chi connectivity index (χ0n) is 9.07. The maximum Gasteiger partial charge on any atom is 0.0749 e. The van der Waals surface area contributed by atoms with Crippen molar-refractivity contribution in [2.75, 3.05) is 0 Å². The number of rotatable bonds is 4. The Labute approximate surface area is 81.2 Å². The summed E-state index contributed by atoms with van der Waals surface area (Å²) >= 11 is 0. The van der Waals surface area contributed by atoms with Crippen LogP contribution in [0.4, 0.5) is 0 Å². The fourth-order valence-electron chi connectivity index (χ4n) is 1.58. The molecule has 2 heteroatoms. The lowest BCUT2D eigenvalue weighted by Crippen LogP contribution is -2.38. The minimum absolute atomic E-state index is 0.599. The van der Waals surface area contributed by atoms with Crippen molar-refractivity contribution >= 4 is 0 Å². The van der Waals surface area contributed by atoms with Crippen molar-refractivity contribution in [2.24, 2.45) is 0 Å². The molecule has 0 saturated carbocycles. The second-order valence-corrected chi connectivity index (χ2v) is 4.04. The molecular weight excluding hydrogens is 160 g/mol. The fourth-order valence-corrected chi connectivity index (χ4v) is 1.58. The molecule has 0 bridgehead atoms. The average molecular weight is 180 g/mol. The lowest BCUT2D eigenvalue weighted by molar-refractivity contribution is 0.131. The lowest BCUT2D eigenvalue weighted by Gasteiger charge is -2.30. The predicted molar refractivity (Wildman–Crippen MR) is 56.5 cm³/mol. The lowest BCUT2D eigenvalue weighted by atomic mass is 10.2. The Morgan fingerprint density at radius 1 is 1.00 bits per heavy atom. The third-order valence-corrected chi connectivity index (χ3v) is 2.32. The minimum Gasteiger partial charge on any atom is -0.341 e. The van der Waals surface area contributed by atoms with E-state index in [1.54, 1.807) is 0 Å². The van der Waals surface area contributed by atoms with Gasteiger partial charge in [0.2, 0.25) is 0 Å². The normalized spacial score (nSPS) is 11.9. The van der Waals surface area contributed by atoms with Crippen molar-refractivity contribution in [3.63, 3.8) is 0 Å². The largest absolute Gasteiger partial charge is 0.341 e. The average Bonchev–Trinajstić information content (AvgIpc) is 2.50. The Balaban J connectivity index is 2.58. The van der Waals surface area contributed by atoms with Crippen molar-refractivity contribution in [3.05, 3.63) is 24.5 Å². The summed E-state index contributed by atoms with van der Waals surface area (Å²) in [5.41, 5.74) is 0. The minimum atomic E-state index is 0.599. The third kappa shape index (κ3) is 2.88. The van der Waals surface area contributed by atoms with Gasteiger partial charge in [0.25, 0.3) is 0 Å². The molecule has 0 radical (unpaired) electrons. The molecule has 0 aliphatic carbocycles. The molecular formula is C11H20N2. The van der Waals surface area contributed by atoms with E-state index in [1.165, 1.54) is 0 Å². The van der Waals surface area contributed by atoms with E-state index in [4.69, 9.17) is 0 Å². The van der Waals surface area contributed by atoms with Gasteiger partial charge in [-0.3, -0.25) is 4.90 Å². The van der Waals surface area contributed by atoms with E-state index in [-0.39, 0.29) is 0 Å². The van der Waals surface area contributed by atoms with Gasteiger partial charge < -0.3 is 4.57 Å². The van der Waals surface area contributed by atoms with Crippen LogP contribution in [0, 0.1) is 0 Å². The maximum atomic E-state index is 2.46. The highest BCUT2D eigenvalue weighted by molar-refractivity contribution is 4.90. The molecule has 13 heavy (non-hydrogen) atoms. The maximum absolute atomic E-state index is 2.46. The number of hydrogen-bond donors (Lipinski definition) is 0. The van der Waals surface area contributed by atoms with Crippen LogP contribution in [0.1, 0.15) is 27.7 Å². The Hall–Kier alpha value is -0.760. The summed E-state index contributed by atoms with van der Waals surface area (Å²) in [6.45, 7) is 9.95. The first-order valence-electron chi connectivity index (χ1n) is 4.97. The zero-order valence-corrected chi connectivity index (χ0v) is 9.07. The van der Waals surface area contributed by atoms with Crippen LogP contribution >= 0.6 is 0 Å². The first-order valence-corrected chi connectivity index (χ1v) is 4.97. The van der Waals surface area contributed by atoms with Crippen LogP contribution in [-0.2, 0) is 6.67 Å². The molecule has 0 N–H and O–H groups in total. The quantitative estimate of drug-likeness (QED) is 0.691. The van der Waals surface area contributed by atoms with Crippen LogP contribution < -0.4 is 0 Å². The van der Waals surface area contributed by atoms with E-state index in [9.17, 15) is 0 Å². The predicted octanol–water partition coefficient (Wildman–Crippen LogP) is 2.56.